The monoisotopic (exact) mass is 282 g/mol. The van der Waals surface area contributed by atoms with E-state index in [4.69, 9.17) is 4.74 Å². The second-order valence-electron chi connectivity index (χ2n) is 4.39. The number of methoxy groups -OCH3 is 1. The molecule has 0 spiro atoms. The molecule has 0 aliphatic rings. The summed E-state index contributed by atoms with van der Waals surface area (Å²) in [5.41, 5.74) is 3.02. The molecule has 3 aromatic rings. The van der Waals surface area contributed by atoms with E-state index in [0.29, 0.717) is 5.69 Å². The third-order valence-electron chi connectivity index (χ3n) is 3.16. The molecule has 21 heavy (non-hydrogen) atoms. The molecule has 0 amide bonds. The van der Waals surface area contributed by atoms with Gasteiger partial charge in [-0.15, -0.1) is 5.10 Å². The fourth-order valence-corrected chi connectivity index (χ4v) is 2.12. The average molecular weight is 282 g/mol. The van der Waals surface area contributed by atoms with Crippen molar-refractivity contribution in [2.24, 2.45) is 0 Å². The molecule has 0 aliphatic carbocycles. The molecule has 0 radical (unpaired) electrons. The third kappa shape index (κ3) is 2.48. The Labute approximate surface area is 121 Å². The third-order valence-corrected chi connectivity index (χ3v) is 3.16. The van der Waals surface area contributed by atoms with Crippen molar-refractivity contribution in [3.8, 4) is 22.7 Å². The second-order valence-corrected chi connectivity index (χ2v) is 4.39. The Morgan fingerprint density at radius 3 is 2.43 bits per heavy atom. The lowest BCUT2D eigenvalue weighted by Gasteiger charge is -2.08. The van der Waals surface area contributed by atoms with Crippen LogP contribution in [0.2, 0.25) is 0 Å². The molecule has 6 heteroatoms. The van der Waals surface area contributed by atoms with Crippen molar-refractivity contribution in [3.05, 3.63) is 54.5 Å². The highest BCUT2D eigenvalue weighted by Gasteiger charge is 2.15. The molecular weight excluding hydrogens is 268 g/mol. The quantitative estimate of drug-likeness (QED) is 0.790. The van der Waals surface area contributed by atoms with E-state index in [9.17, 15) is 5.11 Å². The Balaban J connectivity index is 2.12. The van der Waals surface area contributed by atoms with Gasteiger partial charge >= 0.3 is 0 Å². The smallest absolute Gasteiger partial charge is 0.119 e. The SMILES string of the molecule is COc1ccc(-n2nnc(CO)c2-c2ccncc2)cc1. The van der Waals surface area contributed by atoms with Gasteiger partial charge in [0, 0.05) is 18.0 Å². The first-order valence-electron chi connectivity index (χ1n) is 6.43. The zero-order chi connectivity index (χ0) is 14.7. The summed E-state index contributed by atoms with van der Waals surface area (Å²) < 4.78 is 6.85. The van der Waals surface area contributed by atoms with Crippen LogP contribution in [-0.4, -0.2) is 32.2 Å². The normalized spacial score (nSPS) is 10.6. The van der Waals surface area contributed by atoms with Crippen LogP contribution in [0.25, 0.3) is 16.9 Å². The van der Waals surface area contributed by atoms with Crippen molar-refractivity contribution in [1.29, 1.82) is 0 Å². The second kappa shape index (κ2) is 5.72. The summed E-state index contributed by atoms with van der Waals surface area (Å²) in [5, 5.41) is 17.6. The number of benzene rings is 1. The van der Waals surface area contributed by atoms with Crippen molar-refractivity contribution in [3.63, 3.8) is 0 Å². The molecule has 2 heterocycles. The molecule has 3 rings (SSSR count). The first kappa shape index (κ1) is 13.3. The van der Waals surface area contributed by atoms with Gasteiger partial charge in [-0.1, -0.05) is 5.21 Å². The van der Waals surface area contributed by atoms with E-state index in [-0.39, 0.29) is 6.61 Å². The average Bonchev–Trinajstić information content (AvgIpc) is 2.99. The van der Waals surface area contributed by atoms with E-state index in [2.05, 4.69) is 15.3 Å². The highest BCUT2D eigenvalue weighted by Crippen LogP contribution is 2.25. The number of aliphatic hydroxyl groups is 1. The maximum Gasteiger partial charge on any atom is 0.119 e. The highest BCUT2D eigenvalue weighted by atomic mass is 16.5. The van der Waals surface area contributed by atoms with Crippen LogP contribution in [0.5, 0.6) is 5.75 Å². The molecule has 0 atom stereocenters. The number of ether oxygens (including phenoxy) is 1. The number of hydrogen-bond acceptors (Lipinski definition) is 5. The Kier molecular flexibility index (Phi) is 3.61. The maximum absolute atomic E-state index is 9.47. The highest BCUT2D eigenvalue weighted by molar-refractivity contribution is 5.63. The first-order chi connectivity index (χ1) is 10.3. The molecule has 0 unspecified atom stereocenters. The summed E-state index contributed by atoms with van der Waals surface area (Å²) in [4.78, 5) is 4.01. The van der Waals surface area contributed by atoms with Crippen LogP contribution in [0.1, 0.15) is 5.69 Å². The van der Waals surface area contributed by atoms with Crippen LogP contribution < -0.4 is 4.74 Å². The molecule has 0 fully saturated rings. The number of rotatable bonds is 4. The van der Waals surface area contributed by atoms with E-state index in [1.165, 1.54) is 0 Å². The molecule has 106 valence electrons. The maximum atomic E-state index is 9.47. The zero-order valence-corrected chi connectivity index (χ0v) is 11.5. The fraction of sp³-hybridized carbons (Fsp3) is 0.133. The van der Waals surface area contributed by atoms with Gasteiger partial charge in [-0.3, -0.25) is 4.98 Å². The van der Waals surface area contributed by atoms with Gasteiger partial charge in [-0.25, -0.2) is 4.68 Å². The molecule has 2 aromatic heterocycles. The van der Waals surface area contributed by atoms with Crippen LogP contribution in [-0.2, 0) is 6.61 Å². The molecule has 0 bridgehead atoms. The number of nitrogens with zero attached hydrogens (tertiary/aromatic N) is 4. The summed E-state index contributed by atoms with van der Waals surface area (Å²) in [6.45, 7) is -0.173. The molecule has 1 N–H and O–H groups in total. The van der Waals surface area contributed by atoms with Crippen LogP contribution in [0.3, 0.4) is 0 Å². The molecular formula is C15H14N4O2. The Morgan fingerprint density at radius 2 is 1.81 bits per heavy atom. The van der Waals surface area contributed by atoms with E-state index in [0.717, 1.165) is 22.7 Å². The summed E-state index contributed by atoms with van der Waals surface area (Å²) in [6.07, 6.45) is 3.39. The Bertz CT molecular complexity index is 723. The minimum Gasteiger partial charge on any atom is -0.497 e. The predicted octanol–water partition coefficient (Wildman–Crippen LogP) is 1.83. The summed E-state index contributed by atoms with van der Waals surface area (Å²) >= 11 is 0. The molecule has 0 saturated carbocycles. The Morgan fingerprint density at radius 1 is 1.10 bits per heavy atom. The van der Waals surface area contributed by atoms with Crippen molar-refractivity contribution in [1.82, 2.24) is 20.0 Å². The number of pyridine rings is 1. The predicted molar refractivity (Wildman–Crippen MR) is 77.1 cm³/mol. The fourth-order valence-electron chi connectivity index (χ4n) is 2.12. The summed E-state index contributed by atoms with van der Waals surface area (Å²) in [6, 6.07) is 11.2. The van der Waals surface area contributed by atoms with Crippen molar-refractivity contribution < 1.29 is 9.84 Å². The molecule has 1 aromatic carbocycles. The minimum atomic E-state index is -0.173. The standard InChI is InChI=1S/C15H14N4O2/c1-21-13-4-2-12(3-5-13)19-15(14(10-20)17-18-19)11-6-8-16-9-7-11/h2-9,20H,10H2,1H3. The van der Waals surface area contributed by atoms with Gasteiger partial charge in [-0.05, 0) is 36.4 Å². The van der Waals surface area contributed by atoms with Gasteiger partial charge in [0.2, 0.25) is 0 Å². The van der Waals surface area contributed by atoms with Crippen LogP contribution in [0, 0.1) is 0 Å². The molecule has 0 saturated heterocycles. The van der Waals surface area contributed by atoms with Gasteiger partial charge in [0.25, 0.3) is 0 Å². The molecule has 6 nitrogen and oxygen atoms in total. The van der Waals surface area contributed by atoms with Crippen molar-refractivity contribution in [2.45, 2.75) is 6.61 Å². The molecule has 0 aliphatic heterocycles. The Hall–Kier alpha value is -2.73. The largest absolute Gasteiger partial charge is 0.497 e. The first-order valence-corrected chi connectivity index (χ1v) is 6.43. The lowest BCUT2D eigenvalue weighted by atomic mass is 10.1. The number of aromatic nitrogens is 4. The lowest BCUT2D eigenvalue weighted by Crippen LogP contribution is -2.00. The summed E-state index contributed by atoms with van der Waals surface area (Å²) in [7, 11) is 1.62. The minimum absolute atomic E-state index is 0.173. The van der Waals surface area contributed by atoms with E-state index < -0.39 is 0 Å². The van der Waals surface area contributed by atoms with E-state index in [1.807, 2.05) is 36.4 Å². The van der Waals surface area contributed by atoms with Gasteiger partial charge in [-0.2, -0.15) is 0 Å². The summed E-state index contributed by atoms with van der Waals surface area (Å²) in [5.74, 6) is 0.770. The van der Waals surface area contributed by atoms with Gasteiger partial charge in [0.1, 0.15) is 17.1 Å². The van der Waals surface area contributed by atoms with E-state index >= 15 is 0 Å². The number of aliphatic hydroxyl groups excluding tert-OH is 1. The van der Waals surface area contributed by atoms with E-state index in [1.54, 1.807) is 24.2 Å². The number of hydrogen-bond donors (Lipinski definition) is 1. The van der Waals surface area contributed by atoms with Gasteiger partial charge in [0.15, 0.2) is 0 Å². The van der Waals surface area contributed by atoms with Crippen LogP contribution in [0.4, 0.5) is 0 Å². The van der Waals surface area contributed by atoms with Crippen LogP contribution in [0.15, 0.2) is 48.8 Å². The lowest BCUT2D eigenvalue weighted by molar-refractivity contribution is 0.277. The van der Waals surface area contributed by atoms with Gasteiger partial charge in [0.05, 0.1) is 19.4 Å². The topological polar surface area (TPSA) is 73.1 Å². The van der Waals surface area contributed by atoms with Gasteiger partial charge < -0.3 is 9.84 Å². The van der Waals surface area contributed by atoms with Crippen LogP contribution >= 0.6 is 0 Å². The van der Waals surface area contributed by atoms with Crippen molar-refractivity contribution in [2.75, 3.05) is 7.11 Å². The van der Waals surface area contributed by atoms with Crippen molar-refractivity contribution >= 4 is 0 Å². The zero-order valence-electron chi connectivity index (χ0n) is 11.5.